The summed E-state index contributed by atoms with van der Waals surface area (Å²) >= 11 is 0. The summed E-state index contributed by atoms with van der Waals surface area (Å²) in [4.78, 5) is 2.42. The van der Waals surface area contributed by atoms with Crippen LogP contribution in [0.3, 0.4) is 0 Å². The van der Waals surface area contributed by atoms with E-state index in [0.717, 1.165) is 19.6 Å². The van der Waals surface area contributed by atoms with Crippen LogP contribution in [0.1, 0.15) is 18.1 Å². The minimum absolute atomic E-state index is 1.02. The fraction of sp³-hybridized carbons (Fsp3) is 0.353. The lowest BCUT2D eigenvalue weighted by Gasteiger charge is -2.22. The fourth-order valence-electron chi connectivity index (χ4n) is 2.32. The molecule has 19 heavy (non-hydrogen) atoms. The van der Waals surface area contributed by atoms with Gasteiger partial charge in [-0.2, -0.15) is 0 Å². The van der Waals surface area contributed by atoms with Gasteiger partial charge in [-0.3, -0.25) is 0 Å². The van der Waals surface area contributed by atoms with Gasteiger partial charge in [0.05, 0.1) is 6.54 Å². The quantitative estimate of drug-likeness (QED) is 0.745. The van der Waals surface area contributed by atoms with E-state index >= 15 is 0 Å². The molecule has 0 aliphatic rings. The molecule has 0 amide bonds. The number of aryl methyl sites for hydroxylation is 2. The number of hydrogen-bond donors (Lipinski definition) is 0. The molecule has 0 fully saturated rings. The first-order chi connectivity index (χ1) is 9.19. The summed E-state index contributed by atoms with van der Waals surface area (Å²) in [7, 11) is 0. The molecule has 2 heteroatoms. The van der Waals surface area contributed by atoms with Gasteiger partial charge in [0.1, 0.15) is 0 Å². The maximum absolute atomic E-state index is 2.42. The van der Waals surface area contributed by atoms with Gasteiger partial charge in [0.2, 0.25) is 0 Å². The number of benzene rings is 1. The van der Waals surface area contributed by atoms with E-state index in [1.54, 1.807) is 0 Å². The Morgan fingerprint density at radius 1 is 1.05 bits per heavy atom. The normalized spacial score (nSPS) is 10.5. The molecule has 0 spiro atoms. The van der Waals surface area contributed by atoms with E-state index in [0.29, 0.717) is 0 Å². The maximum atomic E-state index is 2.42. The second-order valence-corrected chi connectivity index (χ2v) is 5.04. The minimum atomic E-state index is 1.02. The van der Waals surface area contributed by atoms with Crippen molar-refractivity contribution in [1.82, 2.24) is 0 Å². The summed E-state index contributed by atoms with van der Waals surface area (Å²) in [6, 6.07) is 13.0. The highest BCUT2D eigenvalue weighted by Crippen LogP contribution is 2.15. The molecule has 2 aromatic rings. The van der Waals surface area contributed by atoms with E-state index in [2.05, 4.69) is 79.0 Å². The van der Waals surface area contributed by atoms with Crippen LogP contribution in [0.2, 0.25) is 0 Å². The molecule has 0 unspecified atom stereocenters. The van der Waals surface area contributed by atoms with E-state index in [1.165, 1.54) is 16.8 Å². The van der Waals surface area contributed by atoms with E-state index in [9.17, 15) is 0 Å². The lowest BCUT2D eigenvalue weighted by atomic mass is 10.2. The predicted molar refractivity (Wildman–Crippen MR) is 80.4 cm³/mol. The third-order valence-electron chi connectivity index (χ3n) is 3.38. The summed E-state index contributed by atoms with van der Waals surface area (Å²) in [5, 5.41) is 0. The van der Waals surface area contributed by atoms with Crippen LogP contribution in [0.25, 0.3) is 0 Å². The number of hydrogen-bond acceptors (Lipinski definition) is 1. The van der Waals surface area contributed by atoms with Crippen LogP contribution >= 0.6 is 0 Å². The maximum Gasteiger partial charge on any atom is 0.171 e. The number of rotatable bonds is 5. The van der Waals surface area contributed by atoms with Crippen LogP contribution < -0.4 is 9.47 Å². The Morgan fingerprint density at radius 3 is 2.53 bits per heavy atom. The number of anilines is 1. The molecule has 0 aliphatic heterocycles. The zero-order valence-corrected chi connectivity index (χ0v) is 12.1. The van der Waals surface area contributed by atoms with Crippen molar-refractivity contribution in [3.63, 3.8) is 0 Å². The largest absolute Gasteiger partial charge is 0.365 e. The highest BCUT2D eigenvalue weighted by molar-refractivity contribution is 5.48. The average Bonchev–Trinajstić information content (AvgIpc) is 2.40. The molecule has 0 saturated heterocycles. The standard InChI is InChI=1S/C17H23N2/c1-4-19(17-9-5-7-15(2)13-17)12-11-18-10-6-8-16(3)14-18/h5-10,13-14H,4,11-12H2,1-3H3/q+1. The van der Waals surface area contributed by atoms with Crippen LogP contribution in [0, 0.1) is 13.8 Å². The van der Waals surface area contributed by atoms with Gasteiger partial charge in [-0.15, -0.1) is 0 Å². The Kier molecular flexibility index (Phi) is 4.56. The van der Waals surface area contributed by atoms with Crippen molar-refractivity contribution in [3.05, 3.63) is 59.9 Å². The highest BCUT2D eigenvalue weighted by atomic mass is 15.1. The smallest absolute Gasteiger partial charge is 0.171 e. The number of likely N-dealkylation sites (N-methyl/N-ethyl adjacent to an activating group) is 1. The van der Waals surface area contributed by atoms with Gasteiger partial charge >= 0.3 is 0 Å². The summed E-state index contributed by atoms with van der Waals surface area (Å²) in [6.07, 6.45) is 4.33. The molecular weight excluding hydrogens is 232 g/mol. The molecular formula is C17H23N2+. The molecule has 1 heterocycles. The van der Waals surface area contributed by atoms with Gasteiger partial charge < -0.3 is 4.90 Å². The van der Waals surface area contributed by atoms with Crippen LogP contribution in [0.15, 0.2) is 48.8 Å². The molecule has 1 aromatic carbocycles. The van der Waals surface area contributed by atoms with Crippen molar-refractivity contribution in [2.45, 2.75) is 27.3 Å². The van der Waals surface area contributed by atoms with E-state index < -0.39 is 0 Å². The fourth-order valence-corrected chi connectivity index (χ4v) is 2.32. The Morgan fingerprint density at radius 2 is 1.84 bits per heavy atom. The van der Waals surface area contributed by atoms with Crippen molar-refractivity contribution in [2.75, 3.05) is 18.0 Å². The van der Waals surface area contributed by atoms with E-state index in [-0.39, 0.29) is 0 Å². The Labute approximate surface area is 116 Å². The molecule has 2 nitrogen and oxygen atoms in total. The molecule has 0 aliphatic carbocycles. The van der Waals surface area contributed by atoms with Gasteiger partial charge in [-0.05, 0) is 44.5 Å². The van der Waals surface area contributed by atoms with Crippen LogP contribution in [-0.4, -0.2) is 13.1 Å². The molecule has 0 bridgehead atoms. The zero-order valence-electron chi connectivity index (χ0n) is 12.1. The van der Waals surface area contributed by atoms with Gasteiger partial charge in [0, 0.05) is 23.9 Å². The molecule has 2 rings (SSSR count). The lowest BCUT2D eigenvalue weighted by molar-refractivity contribution is -0.694. The number of pyridine rings is 1. The summed E-state index contributed by atoms with van der Waals surface area (Å²) < 4.78 is 2.26. The lowest BCUT2D eigenvalue weighted by Crippen LogP contribution is -2.40. The predicted octanol–water partition coefficient (Wildman–Crippen LogP) is 3.12. The van der Waals surface area contributed by atoms with Gasteiger partial charge in [-0.25, -0.2) is 4.57 Å². The Bertz CT molecular complexity index is 534. The first-order valence-corrected chi connectivity index (χ1v) is 6.96. The van der Waals surface area contributed by atoms with Crippen molar-refractivity contribution in [3.8, 4) is 0 Å². The number of nitrogens with zero attached hydrogens (tertiary/aromatic N) is 2. The van der Waals surface area contributed by atoms with Crippen molar-refractivity contribution in [2.24, 2.45) is 0 Å². The molecule has 0 radical (unpaired) electrons. The van der Waals surface area contributed by atoms with Crippen molar-refractivity contribution in [1.29, 1.82) is 0 Å². The highest BCUT2D eigenvalue weighted by Gasteiger charge is 2.07. The number of aromatic nitrogens is 1. The SMILES string of the molecule is CCN(CC[n+]1cccc(C)c1)c1cccc(C)c1. The molecule has 1 aromatic heterocycles. The monoisotopic (exact) mass is 255 g/mol. The Balaban J connectivity index is 2.04. The second kappa shape index (κ2) is 6.37. The second-order valence-electron chi connectivity index (χ2n) is 5.04. The van der Waals surface area contributed by atoms with Crippen LogP contribution in [-0.2, 0) is 6.54 Å². The van der Waals surface area contributed by atoms with E-state index in [1.807, 2.05) is 0 Å². The molecule has 0 saturated carbocycles. The van der Waals surface area contributed by atoms with Crippen LogP contribution in [0.5, 0.6) is 0 Å². The van der Waals surface area contributed by atoms with Gasteiger partial charge in [0.15, 0.2) is 18.9 Å². The van der Waals surface area contributed by atoms with E-state index in [4.69, 9.17) is 0 Å². The third kappa shape index (κ3) is 3.82. The van der Waals surface area contributed by atoms with Gasteiger partial charge in [-0.1, -0.05) is 12.1 Å². The summed E-state index contributed by atoms with van der Waals surface area (Å²) in [6.45, 7) is 9.58. The topological polar surface area (TPSA) is 7.12 Å². The van der Waals surface area contributed by atoms with Crippen molar-refractivity contribution >= 4 is 5.69 Å². The third-order valence-corrected chi connectivity index (χ3v) is 3.38. The summed E-state index contributed by atoms with van der Waals surface area (Å²) in [5.41, 5.74) is 3.94. The first kappa shape index (κ1) is 13.6. The van der Waals surface area contributed by atoms with Crippen molar-refractivity contribution < 1.29 is 4.57 Å². The molecule has 0 N–H and O–H groups in total. The van der Waals surface area contributed by atoms with Gasteiger partial charge in [0.25, 0.3) is 0 Å². The Hall–Kier alpha value is -1.83. The first-order valence-electron chi connectivity index (χ1n) is 6.96. The molecule has 100 valence electrons. The minimum Gasteiger partial charge on any atom is -0.365 e. The average molecular weight is 255 g/mol. The zero-order chi connectivity index (χ0) is 13.7. The molecule has 0 atom stereocenters. The summed E-state index contributed by atoms with van der Waals surface area (Å²) in [5.74, 6) is 0. The van der Waals surface area contributed by atoms with Crippen LogP contribution in [0.4, 0.5) is 5.69 Å².